The Morgan fingerprint density at radius 3 is 1.82 bits per heavy atom. The van der Waals surface area contributed by atoms with Gasteiger partial charge in [0.05, 0.1) is 5.21 Å². The number of rotatable bonds is 19. The summed E-state index contributed by atoms with van der Waals surface area (Å²) in [4.78, 5) is 0. The van der Waals surface area contributed by atoms with Gasteiger partial charge >= 0.3 is 0 Å². The number of aryl methyl sites for hydroxylation is 2. The van der Waals surface area contributed by atoms with Crippen LogP contribution >= 0.6 is 35.5 Å². The first-order chi connectivity index (χ1) is 13.5. The van der Waals surface area contributed by atoms with Crippen LogP contribution in [0, 0.1) is 0 Å². The molecule has 0 spiro atoms. The molecule has 0 saturated heterocycles. The maximum atomic E-state index is 11.6. The van der Waals surface area contributed by atoms with E-state index in [9.17, 15) is 4.57 Å². The Bertz CT molecular complexity index is 533. The van der Waals surface area contributed by atoms with E-state index in [0.29, 0.717) is 6.16 Å². The molecule has 0 atom stereocenters. The van der Waals surface area contributed by atoms with Crippen molar-refractivity contribution in [3.63, 3.8) is 0 Å². The van der Waals surface area contributed by atoms with Crippen molar-refractivity contribution < 1.29 is 9.25 Å². The standard InChI is InChI=1S/C21H41Br2N3OP/c1-2-3-4-5-6-7-8-9-10-11-12-13-14-15-17-25-19-20-26(24-25)18-16-21-28(22,23)27/h19-20H,2-18,21H2,1H3/q+1. The van der Waals surface area contributed by atoms with Gasteiger partial charge in [0.1, 0.15) is 13.1 Å². The van der Waals surface area contributed by atoms with Crippen molar-refractivity contribution in [3.05, 3.63) is 12.4 Å². The van der Waals surface area contributed by atoms with Crippen molar-refractivity contribution in [1.29, 1.82) is 0 Å². The summed E-state index contributed by atoms with van der Waals surface area (Å²) in [6.45, 7) is 4.10. The Kier molecular flexibility index (Phi) is 16.1. The monoisotopic (exact) mass is 540 g/mol. The molecule has 0 amide bonds. The third kappa shape index (κ3) is 16.2. The van der Waals surface area contributed by atoms with Crippen molar-refractivity contribution in [2.24, 2.45) is 0 Å². The largest absolute Gasteiger partial charge is 0.299 e. The van der Waals surface area contributed by atoms with E-state index in [1.165, 1.54) is 89.9 Å². The molecule has 0 bridgehead atoms. The van der Waals surface area contributed by atoms with Crippen molar-refractivity contribution in [2.45, 2.75) is 116 Å². The molecule has 1 aromatic heterocycles. The van der Waals surface area contributed by atoms with Crippen molar-refractivity contribution in [3.8, 4) is 0 Å². The zero-order valence-corrected chi connectivity index (χ0v) is 21.9. The van der Waals surface area contributed by atoms with Gasteiger partial charge in [0.25, 0.3) is 0 Å². The van der Waals surface area contributed by atoms with Crippen molar-refractivity contribution >= 4 is 35.5 Å². The third-order valence-corrected chi connectivity index (χ3v) is 8.15. The smallest absolute Gasteiger partial charge is 0.208 e. The van der Waals surface area contributed by atoms with Crippen LogP contribution in [0.3, 0.4) is 0 Å². The molecule has 7 heteroatoms. The lowest BCUT2D eigenvalue weighted by atomic mass is 10.0. The molecular formula is C21H41Br2N3OP+. The molecule has 1 rings (SSSR count). The number of hydrogen-bond donors (Lipinski definition) is 0. The minimum atomic E-state index is -2.26. The van der Waals surface area contributed by atoms with E-state index < -0.39 is 4.55 Å². The van der Waals surface area contributed by atoms with Gasteiger partial charge in [0.15, 0.2) is 12.4 Å². The molecule has 1 heterocycles. The van der Waals surface area contributed by atoms with Gasteiger partial charge in [-0.15, -0.1) is 9.36 Å². The predicted molar refractivity (Wildman–Crippen MR) is 128 cm³/mol. The van der Waals surface area contributed by atoms with Crippen molar-refractivity contribution in [1.82, 2.24) is 9.90 Å². The maximum Gasteiger partial charge on any atom is 0.208 e. The van der Waals surface area contributed by atoms with Crippen LogP contribution in [0.1, 0.15) is 103 Å². The lowest BCUT2D eigenvalue weighted by molar-refractivity contribution is -0.755. The predicted octanol–water partition coefficient (Wildman–Crippen LogP) is 8.02. The van der Waals surface area contributed by atoms with Crippen LogP contribution in [-0.4, -0.2) is 16.1 Å². The molecule has 4 nitrogen and oxygen atoms in total. The molecule has 0 unspecified atom stereocenters. The van der Waals surface area contributed by atoms with Crippen LogP contribution < -0.4 is 4.68 Å². The Balaban J connectivity index is 1.88. The van der Waals surface area contributed by atoms with E-state index in [-0.39, 0.29) is 0 Å². The summed E-state index contributed by atoms with van der Waals surface area (Å²) >= 11 is 6.36. The molecule has 0 aliphatic carbocycles. The van der Waals surface area contributed by atoms with Gasteiger partial charge < -0.3 is 0 Å². The van der Waals surface area contributed by atoms with Crippen LogP contribution in [0.5, 0.6) is 0 Å². The molecular weight excluding hydrogens is 501 g/mol. The van der Waals surface area contributed by atoms with E-state index >= 15 is 0 Å². The summed E-state index contributed by atoms with van der Waals surface area (Å²) in [6.07, 6.45) is 25.0. The summed E-state index contributed by atoms with van der Waals surface area (Å²) in [5.41, 5.74) is 0. The van der Waals surface area contributed by atoms with E-state index in [0.717, 1.165) is 19.5 Å². The maximum absolute atomic E-state index is 11.6. The van der Waals surface area contributed by atoms with Gasteiger partial charge in [-0.25, -0.2) is 0 Å². The number of aromatic nitrogens is 3. The molecule has 0 aromatic carbocycles. The van der Waals surface area contributed by atoms with E-state index in [1.807, 2.05) is 21.8 Å². The van der Waals surface area contributed by atoms with Crippen LogP contribution in [0.4, 0.5) is 0 Å². The first-order valence-corrected chi connectivity index (χ1v) is 17.4. The van der Waals surface area contributed by atoms with Crippen LogP contribution in [0.15, 0.2) is 12.4 Å². The lowest BCUT2D eigenvalue weighted by Crippen LogP contribution is -2.36. The Morgan fingerprint density at radius 2 is 1.32 bits per heavy atom. The Labute approximate surface area is 189 Å². The van der Waals surface area contributed by atoms with Gasteiger partial charge in [0.2, 0.25) is 4.55 Å². The zero-order chi connectivity index (χ0) is 20.5. The minimum absolute atomic E-state index is 0.645. The van der Waals surface area contributed by atoms with Crippen LogP contribution in [0.25, 0.3) is 0 Å². The number of halogens is 2. The fourth-order valence-electron chi connectivity index (χ4n) is 3.48. The summed E-state index contributed by atoms with van der Waals surface area (Å²) in [5, 5.41) is 4.54. The molecule has 164 valence electrons. The fourth-order valence-corrected chi connectivity index (χ4v) is 5.50. The molecule has 0 aliphatic rings. The summed E-state index contributed by atoms with van der Waals surface area (Å²) in [7, 11) is 0. The van der Waals surface area contributed by atoms with Gasteiger partial charge in [-0.2, -0.15) is 0 Å². The first-order valence-electron chi connectivity index (χ1n) is 11.4. The lowest BCUT2D eigenvalue weighted by Gasteiger charge is -2.02. The van der Waals surface area contributed by atoms with E-state index in [4.69, 9.17) is 0 Å². The molecule has 28 heavy (non-hydrogen) atoms. The third-order valence-electron chi connectivity index (χ3n) is 5.19. The average molecular weight is 542 g/mol. The van der Waals surface area contributed by atoms with Gasteiger partial charge in [-0.1, -0.05) is 84.0 Å². The molecule has 0 aliphatic heterocycles. The summed E-state index contributed by atoms with van der Waals surface area (Å²) < 4.78 is 13.3. The topological polar surface area (TPSA) is 38.8 Å². The second-order valence-electron chi connectivity index (χ2n) is 7.96. The van der Waals surface area contributed by atoms with Crippen LogP contribution in [-0.2, 0) is 17.7 Å². The fraction of sp³-hybridized carbons (Fsp3) is 0.905. The minimum Gasteiger partial charge on any atom is -0.299 e. The van der Waals surface area contributed by atoms with Crippen molar-refractivity contribution in [2.75, 3.05) is 6.16 Å². The van der Waals surface area contributed by atoms with Gasteiger partial charge in [-0.05, 0) is 50.2 Å². The highest BCUT2D eigenvalue weighted by molar-refractivity contribution is 9.70. The molecule has 0 radical (unpaired) electrons. The number of nitrogens with zero attached hydrogens (tertiary/aromatic N) is 3. The Morgan fingerprint density at radius 1 is 0.821 bits per heavy atom. The van der Waals surface area contributed by atoms with E-state index in [1.54, 1.807) is 0 Å². The molecule has 0 fully saturated rings. The second kappa shape index (κ2) is 17.1. The highest BCUT2D eigenvalue weighted by atomic mass is 79.9. The summed E-state index contributed by atoms with van der Waals surface area (Å²) in [5.74, 6) is 0. The Hall–Kier alpha value is 0.330. The van der Waals surface area contributed by atoms with Crippen LogP contribution in [0.2, 0.25) is 0 Å². The molecule has 1 aromatic rings. The quantitative estimate of drug-likeness (QED) is 0.101. The average Bonchev–Trinajstić information content (AvgIpc) is 3.08. The SMILES string of the molecule is CCCCCCCCCCCCCCCCn1cc[n+](CCCP(=O)(Br)Br)n1. The first kappa shape index (κ1) is 26.4. The van der Waals surface area contributed by atoms with Gasteiger partial charge in [0, 0.05) is 6.16 Å². The van der Waals surface area contributed by atoms with E-state index in [2.05, 4.69) is 43.1 Å². The summed E-state index contributed by atoms with van der Waals surface area (Å²) in [6, 6.07) is 0. The highest BCUT2D eigenvalue weighted by Gasteiger charge is 2.13. The normalized spacial score (nSPS) is 12.0. The molecule has 0 N–H and O–H groups in total. The highest BCUT2D eigenvalue weighted by Crippen LogP contribution is 2.61. The molecule has 0 saturated carbocycles. The zero-order valence-electron chi connectivity index (χ0n) is 17.8. The number of unbranched alkanes of at least 4 members (excludes halogenated alkanes) is 13. The number of hydrogen-bond acceptors (Lipinski definition) is 2. The van der Waals surface area contributed by atoms with Gasteiger partial charge in [-0.3, -0.25) is 4.57 Å². The second-order valence-corrected chi connectivity index (χ2v) is 19.3.